The minimum Gasteiger partial charge on any atom is -0.358 e. The summed E-state index contributed by atoms with van der Waals surface area (Å²) in [4.78, 5) is 50.3. The Morgan fingerprint density at radius 1 is 0.857 bits per heavy atom. The van der Waals surface area contributed by atoms with Gasteiger partial charge in [0, 0.05) is 51.4 Å². The number of anilines is 2. The van der Waals surface area contributed by atoms with E-state index in [1.807, 2.05) is 28.0 Å². The van der Waals surface area contributed by atoms with Gasteiger partial charge >= 0.3 is 0 Å². The van der Waals surface area contributed by atoms with Gasteiger partial charge in [-0.15, -0.1) is 0 Å². The minimum atomic E-state index is -0.214. The first-order chi connectivity index (χ1) is 17.1. The highest BCUT2D eigenvalue weighted by molar-refractivity contribution is 6.09. The quantitative estimate of drug-likeness (QED) is 0.647. The van der Waals surface area contributed by atoms with Gasteiger partial charge in [-0.05, 0) is 69.7 Å². The number of hydrogen-bond donors (Lipinski definition) is 0. The van der Waals surface area contributed by atoms with Gasteiger partial charge in [-0.1, -0.05) is 6.92 Å². The summed E-state index contributed by atoms with van der Waals surface area (Å²) in [5, 5.41) is 0. The number of likely N-dealkylation sites (tertiary alicyclic amines) is 1. The zero-order valence-corrected chi connectivity index (χ0v) is 21.1. The summed E-state index contributed by atoms with van der Waals surface area (Å²) in [6.45, 7) is 8.87. The van der Waals surface area contributed by atoms with Gasteiger partial charge in [0.2, 0.25) is 11.8 Å². The van der Waals surface area contributed by atoms with E-state index >= 15 is 0 Å². The largest absolute Gasteiger partial charge is 0.358 e. The summed E-state index contributed by atoms with van der Waals surface area (Å²) in [6.07, 6.45) is 7.25. The molecule has 35 heavy (non-hydrogen) atoms. The molecule has 4 aliphatic heterocycles. The van der Waals surface area contributed by atoms with Crippen LogP contribution in [0.4, 0.5) is 11.4 Å². The third-order valence-electron chi connectivity index (χ3n) is 8.08. The average Bonchev–Trinajstić information content (AvgIpc) is 2.91. The third kappa shape index (κ3) is 4.90. The maximum absolute atomic E-state index is 13.7. The highest BCUT2D eigenvalue weighted by Crippen LogP contribution is 2.40. The van der Waals surface area contributed by atoms with Gasteiger partial charge in [-0.25, -0.2) is 0 Å². The summed E-state index contributed by atoms with van der Waals surface area (Å²) >= 11 is 0. The van der Waals surface area contributed by atoms with E-state index in [0.29, 0.717) is 24.3 Å². The molecule has 3 saturated heterocycles. The van der Waals surface area contributed by atoms with Crippen LogP contribution in [0.2, 0.25) is 0 Å². The first kappa shape index (κ1) is 24.1. The number of rotatable bonds is 5. The van der Waals surface area contributed by atoms with Crippen LogP contribution in [-0.2, 0) is 9.59 Å². The number of piperidine rings is 2. The lowest BCUT2D eigenvalue weighted by Gasteiger charge is -2.45. The molecule has 190 valence electrons. The fourth-order valence-electron chi connectivity index (χ4n) is 6.11. The van der Waals surface area contributed by atoms with E-state index in [1.54, 1.807) is 4.90 Å². The van der Waals surface area contributed by atoms with E-state index in [1.165, 1.54) is 6.42 Å². The van der Waals surface area contributed by atoms with Crippen LogP contribution in [0.1, 0.15) is 62.2 Å². The standard InChI is InChI=1S/C27H39N5O3/c1-2-11-28-15-17-29(18-16-28)25(33)20-32-24-19-21(26(34)30-12-5-3-6-13-30)9-10-22(24)31-14-7-4-8-23(31)27(32)35/h9-10,19,23H,2-8,11-18,20H2,1H3/t23-/m1/s1. The average molecular weight is 482 g/mol. The predicted octanol–water partition coefficient (Wildman–Crippen LogP) is 2.57. The molecule has 8 nitrogen and oxygen atoms in total. The summed E-state index contributed by atoms with van der Waals surface area (Å²) in [6, 6.07) is 5.55. The van der Waals surface area contributed by atoms with Gasteiger partial charge in [0.25, 0.3) is 5.91 Å². The molecule has 4 heterocycles. The lowest BCUT2D eigenvalue weighted by molar-refractivity contribution is -0.133. The van der Waals surface area contributed by atoms with Crippen molar-refractivity contribution in [2.45, 2.75) is 57.9 Å². The number of carbonyl (C=O) groups is 3. The zero-order valence-electron chi connectivity index (χ0n) is 21.1. The smallest absolute Gasteiger partial charge is 0.253 e. The number of nitrogens with zero attached hydrogens (tertiary/aromatic N) is 5. The molecule has 3 amide bonds. The first-order valence-electron chi connectivity index (χ1n) is 13.6. The van der Waals surface area contributed by atoms with Crippen molar-refractivity contribution >= 4 is 29.1 Å². The molecular weight excluding hydrogens is 442 g/mol. The fraction of sp³-hybridized carbons (Fsp3) is 0.667. The summed E-state index contributed by atoms with van der Waals surface area (Å²) < 4.78 is 0. The Kier molecular flexibility index (Phi) is 7.27. The van der Waals surface area contributed by atoms with E-state index < -0.39 is 0 Å². The van der Waals surface area contributed by atoms with Crippen LogP contribution in [0, 0.1) is 0 Å². The maximum Gasteiger partial charge on any atom is 0.253 e. The van der Waals surface area contributed by atoms with Gasteiger partial charge in [0.05, 0.1) is 11.4 Å². The van der Waals surface area contributed by atoms with Crippen LogP contribution in [0.3, 0.4) is 0 Å². The van der Waals surface area contributed by atoms with Gasteiger partial charge < -0.3 is 14.7 Å². The molecule has 0 aliphatic carbocycles. The van der Waals surface area contributed by atoms with Crippen molar-refractivity contribution in [2.24, 2.45) is 0 Å². The van der Waals surface area contributed by atoms with E-state index in [0.717, 1.165) is 83.5 Å². The van der Waals surface area contributed by atoms with Crippen LogP contribution < -0.4 is 9.80 Å². The van der Waals surface area contributed by atoms with Crippen LogP contribution in [-0.4, -0.2) is 97.4 Å². The highest BCUT2D eigenvalue weighted by Gasteiger charge is 2.41. The number of hydrogen-bond acceptors (Lipinski definition) is 5. The third-order valence-corrected chi connectivity index (χ3v) is 8.08. The van der Waals surface area contributed by atoms with Crippen molar-refractivity contribution in [3.05, 3.63) is 23.8 Å². The Hall–Kier alpha value is -2.61. The van der Waals surface area contributed by atoms with Crippen LogP contribution >= 0.6 is 0 Å². The molecule has 0 N–H and O–H groups in total. The molecule has 0 radical (unpaired) electrons. The van der Waals surface area contributed by atoms with Crippen molar-refractivity contribution in [3.8, 4) is 0 Å². The topological polar surface area (TPSA) is 67.4 Å². The van der Waals surface area contributed by atoms with E-state index in [2.05, 4.69) is 16.7 Å². The number of carbonyl (C=O) groups excluding carboxylic acids is 3. The molecule has 0 aromatic heterocycles. The molecule has 1 atom stereocenters. The van der Waals surface area contributed by atoms with E-state index in [9.17, 15) is 14.4 Å². The minimum absolute atomic E-state index is 0.00209. The van der Waals surface area contributed by atoms with Crippen LogP contribution in [0.15, 0.2) is 18.2 Å². The highest BCUT2D eigenvalue weighted by atomic mass is 16.2. The van der Waals surface area contributed by atoms with Gasteiger partial charge in [0.15, 0.2) is 0 Å². The lowest BCUT2D eigenvalue weighted by Crippen LogP contribution is -2.58. The molecule has 1 aromatic rings. The molecular formula is C27H39N5O3. The fourth-order valence-corrected chi connectivity index (χ4v) is 6.11. The second-order valence-corrected chi connectivity index (χ2v) is 10.4. The first-order valence-corrected chi connectivity index (χ1v) is 13.6. The van der Waals surface area contributed by atoms with E-state index in [4.69, 9.17) is 0 Å². The lowest BCUT2D eigenvalue weighted by atomic mass is 9.95. The van der Waals surface area contributed by atoms with Crippen molar-refractivity contribution in [3.63, 3.8) is 0 Å². The second-order valence-electron chi connectivity index (χ2n) is 10.4. The Morgan fingerprint density at radius 2 is 1.60 bits per heavy atom. The van der Waals surface area contributed by atoms with E-state index in [-0.39, 0.29) is 30.3 Å². The number of fused-ring (bicyclic) bond motifs is 3. The number of benzene rings is 1. The molecule has 0 saturated carbocycles. The Morgan fingerprint density at radius 3 is 2.34 bits per heavy atom. The van der Waals surface area contributed by atoms with Crippen molar-refractivity contribution in [2.75, 3.05) is 68.7 Å². The van der Waals surface area contributed by atoms with Crippen LogP contribution in [0.5, 0.6) is 0 Å². The molecule has 8 heteroatoms. The van der Waals surface area contributed by atoms with Gasteiger partial charge in [0.1, 0.15) is 12.6 Å². The Labute approximate surface area is 208 Å². The zero-order chi connectivity index (χ0) is 24.4. The maximum atomic E-state index is 13.7. The monoisotopic (exact) mass is 481 g/mol. The van der Waals surface area contributed by atoms with Crippen LogP contribution in [0.25, 0.3) is 0 Å². The molecule has 3 fully saturated rings. The van der Waals surface area contributed by atoms with Gasteiger partial charge in [-0.3, -0.25) is 24.2 Å². The molecule has 4 aliphatic rings. The second kappa shape index (κ2) is 10.6. The SMILES string of the molecule is CCCN1CCN(C(=O)CN2C(=O)[C@H]3CCCCN3c3ccc(C(=O)N4CCCCC4)cc32)CC1. The molecule has 0 unspecified atom stereocenters. The van der Waals surface area contributed by atoms with Crippen molar-refractivity contribution < 1.29 is 14.4 Å². The predicted molar refractivity (Wildman–Crippen MR) is 137 cm³/mol. The van der Waals surface area contributed by atoms with Crippen molar-refractivity contribution in [1.82, 2.24) is 14.7 Å². The van der Waals surface area contributed by atoms with Crippen molar-refractivity contribution in [1.29, 1.82) is 0 Å². The normalized spacial score (nSPS) is 23.2. The number of piperazine rings is 1. The molecule has 0 spiro atoms. The summed E-state index contributed by atoms with van der Waals surface area (Å²) in [5.74, 6) is 0.0225. The molecule has 1 aromatic carbocycles. The Balaban J connectivity index is 1.39. The Bertz CT molecular complexity index is 952. The summed E-state index contributed by atoms with van der Waals surface area (Å²) in [7, 11) is 0. The molecule has 5 rings (SSSR count). The summed E-state index contributed by atoms with van der Waals surface area (Å²) in [5.41, 5.74) is 2.30. The van der Waals surface area contributed by atoms with Gasteiger partial charge in [-0.2, -0.15) is 0 Å². The number of amides is 3. The molecule has 0 bridgehead atoms.